The number of hydrogen-bond donors (Lipinski definition) is 1. The van der Waals surface area contributed by atoms with Crippen LogP contribution in [0.3, 0.4) is 0 Å². The molecule has 0 radical (unpaired) electrons. The van der Waals surface area contributed by atoms with Crippen molar-refractivity contribution in [2.75, 3.05) is 17.6 Å². The average molecular weight is 457 g/mol. The van der Waals surface area contributed by atoms with Gasteiger partial charge in [-0.05, 0) is 30.7 Å². The third-order valence-corrected chi connectivity index (χ3v) is 7.79. The summed E-state index contributed by atoms with van der Waals surface area (Å²) >= 11 is 3.56. The molecule has 0 aromatic carbocycles. The summed E-state index contributed by atoms with van der Waals surface area (Å²) in [5, 5.41) is 2.44. The van der Waals surface area contributed by atoms with Gasteiger partial charge in [0.2, 0.25) is 0 Å². The third kappa shape index (κ3) is 4.87. The van der Waals surface area contributed by atoms with Crippen LogP contribution in [0.1, 0.15) is 11.8 Å². The third-order valence-electron chi connectivity index (χ3n) is 3.36. The van der Waals surface area contributed by atoms with E-state index >= 15 is 0 Å². The van der Waals surface area contributed by atoms with E-state index in [0.717, 1.165) is 22.7 Å². The Labute approximate surface area is 174 Å². The number of esters is 1. The zero-order valence-corrected chi connectivity index (χ0v) is 18.2. The second-order valence-corrected chi connectivity index (χ2v) is 9.95. The van der Waals surface area contributed by atoms with Crippen molar-refractivity contribution in [2.45, 2.75) is 22.7 Å². The number of anilines is 1. The molecule has 3 rings (SSSR count). The fourth-order valence-electron chi connectivity index (χ4n) is 2.23. The Hall–Kier alpha value is -2.02. The fraction of sp³-hybridized carbons (Fsp3) is 0.250. The van der Waals surface area contributed by atoms with Crippen LogP contribution in [0.4, 0.5) is 5.13 Å². The van der Waals surface area contributed by atoms with E-state index in [1.165, 1.54) is 18.0 Å². The molecule has 0 saturated carbocycles. The molecule has 0 saturated heterocycles. The van der Waals surface area contributed by atoms with Gasteiger partial charge in [-0.1, -0.05) is 11.8 Å². The van der Waals surface area contributed by atoms with Crippen molar-refractivity contribution >= 4 is 55.6 Å². The minimum absolute atomic E-state index is 0.0515. The molecule has 3 aromatic heterocycles. The van der Waals surface area contributed by atoms with Gasteiger partial charge in [-0.3, -0.25) is 9.52 Å². The highest BCUT2D eigenvalue weighted by Crippen LogP contribution is 2.33. The number of carbonyl (C=O) groups excluding carboxylic acids is 1. The number of hydrogen-bond acceptors (Lipinski definition) is 10. The van der Waals surface area contributed by atoms with Crippen molar-refractivity contribution in [3.8, 4) is 11.3 Å². The number of nitrogens with one attached hydrogen (secondary N) is 1. The van der Waals surface area contributed by atoms with Gasteiger partial charge in [0.15, 0.2) is 10.3 Å². The second kappa shape index (κ2) is 8.99. The Morgan fingerprint density at radius 3 is 2.89 bits per heavy atom. The van der Waals surface area contributed by atoms with E-state index in [0.29, 0.717) is 27.9 Å². The Morgan fingerprint density at radius 1 is 1.32 bits per heavy atom. The van der Waals surface area contributed by atoms with Crippen LogP contribution in [0.2, 0.25) is 0 Å². The minimum atomic E-state index is -3.86. The number of carbonyl (C=O) groups is 1. The van der Waals surface area contributed by atoms with Gasteiger partial charge in [-0.15, -0.1) is 22.7 Å². The monoisotopic (exact) mass is 456 g/mol. The standard InChI is InChI=1S/C16H16N4O4S4/c1-3-24-13(21)8-10-9-18-16(27-10)20-28(22,23)14-11(5-7-26-14)12-4-6-17-15(19-12)25-2/h4-7,9H,3,8H2,1-2H3,(H,18,20). The average Bonchev–Trinajstić information content (AvgIpc) is 3.31. The van der Waals surface area contributed by atoms with Crippen LogP contribution in [0.15, 0.2) is 39.3 Å². The number of thiazole rings is 1. The molecule has 28 heavy (non-hydrogen) atoms. The van der Waals surface area contributed by atoms with Gasteiger partial charge >= 0.3 is 5.97 Å². The van der Waals surface area contributed by atoms with Gasteiger partial charge < -0.3 is 4.74 Å². The van der Waals surface area contributed by atoms with Crippen molar-refractivity contribution in [3.05, 3.63) is 34.8 Å². The van der Waals surface area contributed by atoms with Gasteiger partial charge in [-0.2, -0.15) is 0 Å². The molecule has 3 aromatic rings. The molecule has 0 spiro atoms. The number of ether oxygens (including phenoxy) is 1. The normalized spacial score (nSPS) is 11.4. The van der Waals surface area contributed by atoms with Crippen molar-refractivity contribution in [3.63, 3.8) is 0 Å². The highest BCUT2D eigenvalue weighted by Gasteiger charge is 2.23. The number of rotatable bonds is 8. The van der Waals surface area contributed by atoms with Crippen LogP contribution in [0.25, 0.3) is 11.3 Å². The van der Waals surface area contributed by atoms with E-state index in [9.17, 15) is 13.2 Å². The molecule has 1 N–H and O–H groups in total. The van der Waals surface area contributed by atoms with Gasteiger partial charge in [0, 0.05) is 22.8 Å². The van der Waals surface area contributed by atoms with Gasteiger partial charge in [0.25, 0.3) is 10.0 Å². The number of sulfonamides is 1. The molecular formula is C16H16N4O4S4. The molecular weight excluding hydrogens is 440 g/mol. The number of aromatic nitrogens is 3. The fourth-order valence-corrected chi connectivity index (χ4v) is 6.00. The molecule has 0 aliphatic rings. The smallest absolute Gasteiger partial charge is 0.311 e. The first kappa shape index (κ1) is 20.7. The lowest BCUT2D eigenvalue weighted by atomic mass is 10.2. The summed E-state index contributed by atoms with van der Waals surface area (Å²) in [5.41, 5.74) is 1.03. The summed E-state index contributed by atoms with van der Waals surface area (Å²) in [6.07, 6.45) is 4.96. The lowest BCUT2D eigenvalue weighted by molar-refractivity contribution is -0.142. The first-order valence-electron chi connectivity index (χ1n) is 8.01. The molecule has 0 aliphatic carbocycles. The maximum Gasteiger partial charge on any atom is 0.311 e. The molecule has 8 nitrogen and oxygen atoms in total. The Bertz CT molecular complexity index is 1080. The first-order chi connectivity index (χ1) is 13.4. The zero-order valence-electron chi connectivity index (χ0n) is 14.9. The van der Waals surface area contributed by atoms with E-state index in [1.54, 1.807) is 30.6 Å². The highest BCUT2D eigenvalue weighted by molar-refractivity contribution is 7.98. The molecule has 0 amide bonds. The predicted molar refractivity (Wildman–Crippen MR) is 110 cm³/mol. The van der Waals surface area contributed by atoms with Crippen LogP contribution in [0.5, 0.6) is 0 Å². The van der Waals surface area contributed by atoms with Crippen LogP contribution in [0, 0.1) is 0 Å². The summed E-state index contributed by atoms with van der Waals surface area (Å²) in [4.78, 5) is 24.7. The van der Waals surface area contributed by atoms with Crippen molar-refractivity contribution in [2.24, 2.45) is 0 Å². The summed E-state index contributed by atoms with van der Waals surface area (Å²) in [6, 6.07) is 3.38. The predicted octanol–water partition coefficient (Wildman–Crippen LogP) is 3.29. The van der Waals surface area contributed by atoms with E-state index in [4.69, 9.17) is 4.74 Å². The number of thiophene rings is 1. The van der Waals surface area contributed by atoms with Crippen LogP contribution in [-0.4, -0.2) is 42.2 Å². The molecule has 0 bridgehead atoms. The maximum absolute atomic E-state index is 12.9. The minimum Gasteiger partial charge on any atom is -0.466 e. The van der Waals surface area contributed by atoms with E-state index < -0.39 is 10.0 Å². The quantitative estimate of drug-likeness (QED) is 0.312. The van der Waals surface area contributed by atoms with Crippen molar-refractivity contribution < 1.29 is 17.9 Å². The van der Waals surface area contributed by atoms with Crippen LogP contribution in [-0.2, 0) is 26.0 Å². The van der Waals surface area contributed by atoms with Gasteiger partial charge in [0.05, 0.1) is 18.7 Å². The van der Waals surface area contributed by atoms with Crippen molar-refractivity contribution in [1.29, 1.82) is 0 Å². The maximum atomic E-state index is 12.9. The number of thioether (sulfide) groups is 1. The summed E-state index contributed by atoms with van der Waals surface area (Å²) < 4.78 is 33.2. The second-order valence-electron chi connectivity index (χ2n) is 5.27. The molecule has 12 heteroatoms. The van der Waals surface area contributed by atoms with E-state index in [2.05, 4.69) is 19.7 Å². The summed E-state index contributed by atoms with van der Waals surface area (Å²) in [5.74, 6) is -0.380. The van der Waals surface area contributed by atoms with E-state index in [1.807, 2.05) is 6.26 Å². The molecule has 148 valence electrons. The Morgan fingerprint density at radius 2 is 2.14 bits per heavy atom. The molecule has 0 unspecified atom stereocenters. The first-order valence-corrected chi connectivity index (χ1v) is 12.4. The largest absolute Gasteiger partial charge is 0.466 e. The van der Waals surface area contributed by atoms with Gasteiger partial charge in [0.1, 0.15) is 4.21 Å². The lowest BCUT2D eigenvalue weighted by Gasteiger charge is -2.06. The molecule has 0 aliphatic heterocycles. The topological polar surface area (TPSA) is 111 Å². The van der Waals surface area contributed by atoms with E-state index in [-0.39, 0.29) is 21.7 Å². The summed E-state index contributed by atoms with van der Waals surface area (Å²) in [6.45, 7) is 2.02. The molecule has 0 fully saturated rings. The molecule has 3 heterocycles. The van der Waals surface area contributed by atoms with Crippen LogP contribution < -0.4 is 4.72 Å². The van der Waals surface area contributed by atoms with Crippen LogP contribution >= 0.6 is 34.4 Å². The molecule has 0 atom stereocenters. The Kier molecular flexibility index (Phi) is 6.65. The zero-order chi connectivity index (χ0) is 20.1. The van der Waals surface area contributed by atoms with Gasteiger partial charge in [-0.25, -0.2) is 23.4 Å². The highest BCUT2D eigenvalue weighted by atomic mass is 32.2. The number of nitrogens with zero attached hydrogens (tertiary/aromatic N) is 3. The lowest BCUT2D eigenvalue weighted by Crippen LogP contribution is -2.12. The van der Waals surface area contributed by atoms with Crippen molar-refractivity contribution in [1.82, 2.24) is 15.0 Å². The summed E-state index contributed by atoms with van der Waals surface area (Å²) in [7, 11) is -3.86. The Balaban J connectivity index is 1.82. The SMILES string of the molecule is CCOC(=O)Cc1cnc(NS(=O)(=O)c2sccc2-c2ccnc(SC)n2)s1.